The van der Waals surface area contributed by atoms with E-state index in [1.54, 1.807) is 6.07 Å². The van der Waals surface area contributed by atoms with Crippen LogP contribution in [-0.4, -0.2) is 5.91 Å². The third-order valence-electron chi connectivity index (χ3n) is 2.56. The van der Waals surface area contributed by atoms with Crippen LogP contribution >= 0.6 is 34.2 Å². The van der Waals surface area contributed by atoms with Crippen LogP contribution in [-0.2, 0) is 0 Å². The number of anilines is 1. The molecule has 92 valence electrons. The number of halogens is 2. The Bertz CT molecular complexity index is 598. The van der Waals surface area contributed by atoms with Crippen molar-refractivity contribution >= 4 is 45.8 Å². The largest absolute Gasteiger partial charge is 0.321 e. The fourth-order valence-electron chi connectivity index (χ4n) is 1.58. The molecule has 0 aliphatic carbocycles. The van der Waals surface area contributed by atoms with Crippen LogP contribution in [0.15, 0.2) is 42.5 Å². The molecule has 2 rings (SSSR count). The van der Waals surface area contributed by atoms with E-state index in [1.807, 2.05) is 43.3 Å². The highest BCUT2D eigenvalue weighted by molar-refractivity contribution is 14.1. The van der Waals surface area contributed by atoms with Crippen LogP contribution in [0.1, 0.15) is 15.9 Å². The Balaban J connectivity index is 2.28. The molecule has 0 heterocycles. The van der Waals surface area contributed by atoms with Gasteiger partial charge in [-0.2, -0.15) is 0 Å². The molecular weight excluding hydrogens is 361 g/mol. The van der Waals surface area contributed by atoms with Gasteiger partial charge in [-0.25, -0.2) is 0 Å². The summed E-state index contributed by atoms with van der Waals surface area (Å²) < 4.78 is 0.993. The van der Waals surface area contributed by atoms with Gasteiger partial charge in [-0.1, -0.05) is 35.9 Å². The van der Waals surface area contributed by atoms with E-state index in [2.05, 4.69) is 27.9 Å². The molecule has 1 N–H and O–H groups in total. The first-order valence-electron chi connectivity index (χ1n) is 5.40. The summed E-state index contributed by atoms with van der Waals surface area (Å²) in [6, 6.07) is 13.0. The minimum atomic E-state index is -0.187. The smallest absolute Gasteiger partial charge is 0.257 e. The van der Waals surface area contributed by atoms with E-state index in [9.17, 15) is 4.79 Å². The molecule has 2 nitrogen and oxygen atoms in total. The molecular formula is C14H11ClINO. The topological polar surface area (TPSA) is 29.1 Å². The fourth-order valence-corrected chi connectivity index (χ4v) is 2.31. The van der Waals surface area contributed by atoms with Crippen LogP contribution in [0.4, 0.5) is 5.69 Å². The van der Waals surface area contributed by atoms with Gasteiger partial charge < -0.3 is 5.32 Å². The van der Waals surface area contributed by atoms with Gasteiger partial charge in [0.25, 0.3) is 5.91 Å². The number of benzene rings is 2. The Morgan fingerprint density at radius 2 is 1.89 bits per heavy atom. The van der Waals surface area contributed by atoms with Crippen molar-refractivity contribution in [3.05, 3.63) is 62.2 Å². The lowest BCUT2D eigenvalue weighted by atomic mass is 10.1. The molecule has 18 heavy (non-hydrogen) atoms. The third kappa shape index (κ3) is 2.84. The first-order valence-corrected chi connectivity index (χ1v) is 6.86. The van der Waals surface area contributed by atoms with Gasteiger partial charge in [0.05, 0.1) is 16.3 Å². The van der Waals surface area contributed by atoms with Gasteiger partial charge in [0.15, 0.2) is 0 Å². The second-order valence-corrected chi connectivity index (χ2v) is 5.41. The summed E-state index contributed by atoms with van der Waals surface area (Å²) >= 11 is 8.31. The van der Waals surface area contributed by atoms with Crippen LogP contribution in [0.3, 0.4) is 0 Å². The van der Waals surface area contributed by atoms with Gasteiger partial charge in [0.1, 0.15) is 0 Å². The van der Waals surface area contributed by atoms with Crippen LogP contribution in [0.5, 0.6) is 0 Å². The maximum absolute atomic E-state index is 12.1. The zero-order chi connectivity index (χ0) is 13.1. The Kier molecular flexibility index (Phi) is 4.24. The summed E-state index contributed by atoms with van der Waals surface area (Å²) in [6.45, 7) is 1.88. The molecule has 0 radical (unpaired) electrons. The molecule has 0 aliphatic rings. The number of aryl methyl sites for hydroxylation is 1. The number of nitrogens with one attached hydrogen (secondary N) is 1. The molecule has 0 aromatic heterocycles. The van der Waals surface area contributed by atoms with Crippen molar-refractivity contribution in [1.82, 2.24) is 0 Å². The van der Waals surface area contributed by atoms with Gasteiger partial charge in [0.2, 0.25) is 0 Å². The standard InChI is InChI=1S/C14H11ClINO/c1-9-5-4-6-10(13(9)15)14(18)17-12-8-3-2-7-11(12)16/h2-8H,1H3,(H,17,18). The predicted octanol–water partition coefficient (Wildman–Crippen LogP) is 4.51. The molecule has 0 fully saturated rings. The van der Waals surface area contributed by atoms with Crippen molar-refractivity contribution in [2.45, 2.75) is 6.92 Å². The first kappa shape index (κ1) is 13.4. The lowest BCUT2D eigenvalue weighted by molar-refractivity contribution is 0.102. The third-order valence-corrected chi connectivity index (χ3v) is 4.00. The molecule has 0 unspecified atom stereocenters. The molecule has 0 aliphatic heterocycles. The van der Waals surface area contributed by atoms with Crippen molar-refractivity contribution in [2.75, 3.05) is 5.32 Å². The van der Waals surface area contributed by atoms with Crippen molar-refractivity contribution in [3.63, 3.8) is 0 Å². The average Bonchev–Trinajstić information content (AvgIpc) is 2.35. The van der Waals surface area contributed by atoms with E-state index in [1.165, 1.54) is 0 Å². The molecule has 2 aromatic carbocycles. The number of hydrogen-bond acceptors (Lipinski definition) is 1. The predicted molar refractivity (Wildman–Crippen MR) is 83.3 cm³/mol. The van der Waals surface area contributed by atoms with Gasteiger partial charge in [-0.05, 0) is 53.3 Å². The number of para-hydroxylation sites is 1. The van der Waals surface area contributed by atoms with Gasteiger partial charge in [-0.3, -0.25) is 4.79 Å². The van der Waals surface area contributed by atoms with Crippen LogP contribution in [0.25, 0.3) is 0 Å². The van der Waals surface area contributed by atoms with Gasteiger partial charge >= 0.3 is 0 Å². The van der Waals surface area contributed by atoms with Crippen LogP contribution in [0.2, 0.25) is 5.02 Å². The number of amides is 1. The Labute approximate surface area is 124 Å². The normalized spacial score (nSPS) is 10.2. The van der Waals surface area contributed by atoms with Gasteiger partial charge in [0, 0.05) is 3.57 Å². The highest BCUT2D eigenvalue weighted by Crippen LogP contribution is 2.23. The van der Waals surface area contributed by atoms with E-state index in [4.69, 9.17) is 11.6 Å². The second-order valence-electron chi connectivity index (χ2n) is 3.87. The molecule has 2 aromatic rings. The SMILES string of the molecule is Cc1cccc(C(=O)Nc2ccccc2I)c1Cl. The van der Waals surface area contributed by atoms with Crippen molar-refractivity contribution < 1.29 is 4.79 Å². The van der Waals surface area contributed by atoms with Crippen molar-refractivity contribution in [2.24, 2.45) is 0 Å². The summed E-state index contributed by atoms with van der Waals surface area (Å²) in [6.07, 6.45) is 0. The molecule has 4 heteroatoms. The Hall–Kier alpha value is -1.07. The van der Waals surface area contributed by atoms with Crippen molar-refractivity contribution in [1.29, 1.82) is 0 Å². The molecule has 0 saturated carbocycles. The van der Waals surface area contributed by atoms with Crippen molar-refractivity contribution in [3.8, 4) is 0 Å². The first-order chi connectivity index (χ1) is 8.59. The van der Waals surface area contributed by atoms with E-state index in [0.717, 1.165) is 14.8 Å². The lowest BCUT2D eigenvalue weighted by Gasteiger charge is -2.09. The fraction of sp³-hybridized carbons (Fsp3) is 0.0714. The molecule has 1 amide bonds. The summed E-state index contributed by atoms with van der Waals surface area (Å²) in [7, 11) is 0. The Morgan fingerprint density at radius 3 is 2.61 bits per heavy atom. The average molecular weight is 372 g/mol. The minimum absolute atomic E-state index is 0.187. The molecule has 0 saturated heterocycles. The highest BCUT2D eigenvalue weighted by Gasteiger charge is 2.12. The summed E-state index contributed by atoms with van der Waals surface area (Å²) in [5, 5.41) is 3.36. The highest BCUT2D eigenvalue weighted by atomic mass is 127. The Morgan fingerprint density at radius 1 is 1.17 bits per heavy atom. The maximum Gasteiger partial charge on any atom is 0.257 e. The number of carbonyl (C=O) groups is 1. The van der Waals surface area contributed by atoms with Crippen LogP contribution in [0, 0.1) is 10.5 Å². The zero-order valence-corrected chi connectivity index (χ0v) is 12.6. The van der Waals surface area contributed by atoms with E-state index >= 15 is 0 Å². The lowest BCUT2D eigenvalue weighted by Crippen LogP contribution is -2.13. The van der Waals surface area contributed by atoms with E-state index < -0.39 is 0 Å². The van der Waals surface area contributed by atoms with Gasteiger partial charge in [-0.15, -0.1) is 0 Å². The summed E-state index contributed by atoms with van der Waals surface area (Å²) in [4.78, 5) is 12.1. The molecule has 0 spiro atoms. The molecule has 0 bridgehead atoms. The zero-order valence-electron chi connectivity index (χ0n) is 9.71. The minimum Gasteiger partial charge on any atom is -0.321 e. The monoisotopic (exact) mass is 371 g/mol. The molecule has 0 atom stereocenters. The maximum atomic E-state index is 12.1. The number of rotatable bonds is 2. The number of hydrogen-bond donors (Lipinski definition) is 1. The summed E-state index contributed by atoms with van der Waals surface area (Å²) in [5.41, 5.74) is 2.18. The summed E-state index contributed by atoms with van der Waals surface area (Å²) in [5.74, 6) is -0.187. The quantitative estimate of drug-likeness (QED) is 0.774. The van der Waals surface area contributed by atoms with Crippen LogP contribution < -0.4 is 5.32 Å². The van der Waals surface area contributed by atoms with E-state index in [0.29, 0.717) is 10.6 Å². The van der Waals surface area contributed by atoms with E-state index in [-0.39, 0.29) is 5.91 Å². The second kappa shape index (κ2) is 5.71. The number of carbonyl (C=O) groups excluding carboxylic acids is 1.